The Bertz CT molecular complexity index is 660. The SMILES string of the molecule is Nc1ncnn2c(C3=CCN(C(=O)O)C3)ccc12. The second kappa shape index (κ2) is 3.73. The average Bonchev–Trinajstić information content (AvgIpc) is 2.94. The van der Waals surface area contributed by atoms with Crippen LogP contribution in [-0.2, 0) is 0 Å². The minimum Gasteiger partial charge on any atom is -0.465 e. The van der Waals surface area contributed by atoms with Crippen LogP contribution in [0.4, 0.5) is 10.6 Å². The van der Waals surface area contributed by atoms with Gasteiger partial charge in [-0.25, -0.2) is 14.3 Å². The van der Waals surface area contributed by atoms with Crippen LogP contribution in [0.1, 0.15) is 5.69 Å². The Morgan fingerprint density at radius 3 is 3.00 bits per heavy atom. The molecule has 0 atom stereocenters. The zero-order valence-electron chi connectivity index (χ0n) is 9.45. The van der Waals surface area contributed by atoms with Crippen molar-refractivity contribution in [3.05, 3.63) is 30.2 Å². The van der Waals surface area contributed by atoms with Crippen LogP contribution >= 0.6 is 0 Å². The Balaban J connectivity index is 2.02. The van der Waals surface area contributed by atoms with Crippen LogP contribution in [0.25, 0.3) is 11.1 Å². The third-order valence-corrected chi connectivity index (χ3v) is 3.00. The van der Waals surface area contributed by atoms with Crippen LogP contribution in [0.2, 0.25) is 0 Å². The molecule has 3 N–H and O–H groups in total. The monoisotopic (exact) mass is 245 g/mol. The van der Waals surface area contributed by atoms with Crippen LogP contribution < -0.4 is 5.73 Å². The number of rotatable bonds is 1. The number of anilines is 1. The van der Waals surface area contributed by atoms with E-state index in [-0.39, 0.29) is 0 Å². The molecule has 3 rings (SSSR count). The van der Waals surface area contributed by atoms with Gasteiger partial charge in [0.05, 0.1) is 12.2 Å². The number of nitrogens with two attached hydrogens (primary N) is 1. The zero-order valence-corrected chi connectivity index (χ0v) is 9.45. The van der Waals surface area contributed by atoms with Gasteiger partial charge in [0.2, 0.25) is 0 Å². The van der Waals surface area contributed by atoms with Gasteiger partial charge in [-0.15, -0.1) is 0 Å². The summed E-state index contributed by atoms with van der Waals surface area (Å²) in [7, 11) is 0. The number of fused-ring (bicyclic) bond motifs is 1. The lowest BCUT2D eigenvalue weighted by Crippen LogP contribution is -2.26. The molecule has 92 valence electrons. The Morgan fingerprint density at radius 1 is 1.44 bits per heavy atom. The fourth-order valence-corrected chi connectivity index (χ4v) is 2.08. The minimum atomic E-state index is -0.920. The van der Waals surface area contributed by atoms with Crippen LogP contribution in [-0.4, -0.2) is 43.8 Å². The smallest absolute Gasteiger partial charge is 0.407 e. The lowest BCUT2D eigenvalue weighted by atomic mass is 10.2. The number of nitrogen functional groups attached to an aromatic ring is 1. The standard InChI is InChI=1S/C11H11N5O2/c12-10-9-2-1-8(16(9)14-6-13-10)7-3-4-15(5-7)11(17)18/h1-3,6H,4-5H2,(H,17,18)(H2,12,13,14). The summed E-state index contributed by atoms with van der Waals surface area (Å²) in [4.78, 5) is 16.1. The molecule has 7 heteroatoms. The predicted octanol–water partition coefficient (Wildman–Crippen LogP) is 0.688. The summed E-state index contributed by atoms with van der Waals surface area (Å²) in [6.45, 7) is 0.768. The maximum absolute atomic E-state index is 10.9. The molecule has 0 unspecified atom stereocenters. The van der Waals surface area contributed by atoms with Crippen molar-refractivity contribution in [3.63, 3.8) is 0 Å². The molecule has 2 aromatic rings. The molecule has 7 nitrogen and oxygen atoms in total. The molecule has 2 aromatic heterocycles. The van der Waals surface area contributed by atoms with E-state index in [1.54, 1.807) is 4.52 Å². The normalized spacial score (nSPS) is 15.1. The van der Waals surface area contributed by atoms with Crippen molar-refractivity contribution in [3.8, 4) is 0 Å². The van der Waals surface area contributed by atoms with E-state index in [9.17, 15) is 4.79 Å². The predicted molar refractivity (Wildman–Crippen MR) is 65.0 cm³/mol. The summed E-state index contributed by atoms with van der Waals surface area (Å²) in [6, 6.07) is 3.70. The molecule has 0 aliphatic carbocycles. The number of carbonyl (C=O) groups is 1. The topological polar surface area (TPSA) is 96.8 Å². The van der Waals surface area contributed by atoms with E-state index < -0.39 is 6.09 Å². The largest absolute Gasteiger partial charge is 0.465 e. The third kappa shape index (κ3) is 1.48. The third-order valence-electron chi connectivity index (χ3n) is 3.00. The maximum Gasteiger partial charge on any atom is 0.407 e. The van der Waals surface area contributed by atoms with Gasteiger partial charge in [-0.05, 0) is 17.7 Å². The van der Waals surface area contributed by atoms with Gasteiger partial charge >= 0.3 is 6.09 Å². The van der Waals surface area contributed by atoms with Gasteiger partial charge in [-0.1, -0.05) is 6.08 Å². The molecule has 0 aromatic carbocycles. The Morgan fingerprint density at radius 2 is 2.28 bits per heavy atom. The Hall–Kier alpha value is -2.57. The zero-order chi connectivity index (χ0) is 12.7. The highest BCUT2D eigenvalue weighted by atomic mass is 16.4. The second-order valence-corrected chi connectivity index (χ2v) is 4.05. The number of hydrogen-bond acceptors (Lipinski definition) is 4. The molecular formula is C11H11N5O2. The summed E-state index contributed by atoms with van der Waals surface area (Å²) in [5.74, 6) is 0.407. The average molecular weight is 245 g/mol. The highest BCUT2D eigenvalue weighted by Gasteiger charge is 2.21. The van der Waals surface area contributed by atoms with E-state index >= 15 is 0 Å². The van der Waals surface area contributed by atoms with Gasteiger partial charge in [0.15, 0.2) is 5.82 Å². The molecule has 1 aliphatic heterocycles. The molecule has 0 radical (unpaired) electrons. The van der Waals surface area contributed by atoms with Gasteiger partial charge in [-0.3, -0.25) is 0 Å². The fraction of sp³-hybridized carbons (Fsp3) is 0.182. The van der Waals surface area contributed by atoms with Crippen molar-refractivity contribution in [2.75, 3.05) is 18.8 Å². The van der Waals surface area contributed by atoms with Gasteiger partial charge in [0.25, 0.3) is 0 Å². The second-order valence-electron chi connectivity index (χ2n) is 4.05. The molecule has 0 fully saturated rings. The molecular weight excluding hydrogens is 234 g/mol. The van der Waals surface area contributed by atoms with E-state index in [1.807, 2.05) is 18.2 Å². The van der Waals surface area contributed by atoms with Crippen molar-refractivity contribution >= 4 is 23.0 Å². The first-order chi connectivity index (χ1) is 8.66. The number of hydrogen-bond donors (Lipinski definition) is 2. The Labute approximate surface area is 102 Å². The molecule has 1 amide bonds. The van der Waals surface area contributed by atoms with E-state index in [0.29, 0.717) is 18.9 Å². The van der Waals surface area contributed by atoms with Crippen LogP contribution in [0, 0.1) is 0 Å². The summed E-state index contributed by atoms with van der Waals surface area (Å²) in [5, 5.41) is 13.1. The first-order valence-corrected chi connectivity index (χ1v) is 5.42. The van der Waals surface area contributed by atoms with Crippen molar-refractivity contribution in [1.82, 2.24) is 19.5 Å². The van der Waals surface area contributed by atoms with Gasteiger partial charge in [0, 0.05) is 6.54 Å². The van der Waals surface area contributed by atoms with Crippen LogP contribution in [0.15, 0.2) is 24.5 Å². The van der Waals surface area contributed by atoms with Crippen molar-refractivity contribution in [1.29, 1.82) is 0 Å². The van der Waals surface area contributed by atoms with E-state index in [4.69, 9.17) is 10.8 Å². The molecule has 0 bridgehead atoms. The summed E-state index contributed by atoms with van der Waals surface area (Å²) < 4.78 is 1.68. The molecule has 18 heavy (non-hydrogen) atoms. The maximum atomic E-state index is 10.9. The molecule has 3 heterocycles. The van der Waals surface area contributed by atoms with Crippen LogP contribution in [0.3, 0.4) is 0 Å². The first-order valence-electron chi connectivity index (χ1n) is 5.42. The van der Waals surface area contributed by atoms with Crippen molar-refractivity contribution < 1.29 is 9.90 Å². The quantitative estimate of drug-likeness (QED) is 0.770. The fourth-order valence-electron chi connectivity index (χ4n) is 2.08. The minimum absolute atomic E-state index is 0.366. The summed E-state index contributed by atoms with van der Waals surface area (Å²) >= 11 is 0. The molecule has 0 saturated heterocycles. The van der Waals surface area contributed by atoms with Gasteiger partial charge in [-0.2, -0.15) is 5.10 Å². The van der Waals surface area contributed by atoms with Crippen molar-refractivity contribution in [2.45, 2.75) is 0 Å². The Kier molecular flexibility index (Phi) is 2.19. The molecule has 0 saturated carbocycles. The van der Waals surface area contributed by atoms with E-state index in [0.717, 1.165) is 16.8 Å². The lowest BCUT2D eigenvalue weighted by Gasteiger charge is -2.11. The summed E-state index contributed by atoms with van der Waals surface area (Å²) in [6.07, 6.45) is 2.35. The first kappa shape index (κ1) is 10.6. The number of nitrogens with zero attached hydrogens (tertiary/aromatic N) is 4. The van der Waals surface area contributed by atoms with Gasteiger partial charge in [0.1, 0.15) is 11.8 Å². The number of amides is 1. The van der Waals surface area contributed by atoms with Crippen LogP contribution in [0.5, 0.6) is 0 Å². The van der Waals surface area contributed by atoms with E-state index in [2.05, 4.69) is 10.1 Å². The van der Waals surface area contributed by atoms with E-state index in [1.165, 1.54) is 11.2 Å². The lowest BCUT2D eigenvalue weighted by molar-refractivity contribution is 0.158. The molecule has 0 spiro atoms. The number of carboxylic acid groups (broad SMARTS) is 1. The van der Waals surface area contributed by atoms with Crippen molar-refractivity contribution in [2.24, 2.45) is 0 Å². The highest BCUT2D eigenvalue weighted by molar-refractivity contribution is 5.78. The highest BCUT2D eigenvalue weighted by Crippen LogP contribution is 2.24. The summed E-state index contributed by atoms with van der Waals surface area (Å²) in [5.41, 5.74) is 8.25. The molecule has 1 aliphatic rings. The number of aromatic nitrogens is 3. The van der Waals surface area contributed by atoms with Gasteiger partial charge < -0.3 is 15.7 Å².